The zero-order chi connectivity index (χ0) is 16.0. The molecule has 0 spiro atoms. The normalized spacial score (nSPS) is 12.2. The maximum absolute atomic E-state index is 4.11. The van der Waals surface area contributed by atoms with Crippen molar-refractivity contribution in [2.75, 3.05) is 0 Å². The average molecular weight is 307 g/mol. The Kier molecular flexibility index (Phi) is 5.56. The molecule has 0 bridgehead atoms. The maximum Gasteiger partial charge on any atom is 0.0846 e. The first-order chi connectivity index (χ1) is 10.5. The molecule has 22 heavy (non-hydrogen) atoms. The third-order valence-electron chi connectivity index (χ3n) is 3.92. The Labute approximate surface area is 136 Å². The van der Waals surface area contributed by atoms with E-state index in [1.807, 2.05) is 0 Å². The highest BCUT2D eigenvalue weighted by Gasteiger charge is 2.24. The van der Waals surface area contributed by atoms with Crippen LogP contribution in [0.4, 0.5) is 0 Å². The first kappa shape index (κ1) is 16.5. The molecule has 0 nitrogen and oxygen atoms in total. The topological polar surface area (TPSA) is 0 Å². The summed E-state index contributed by atoms with van der Waals surface area (Å²) in [5.41, 5.74) is 4.02. The highest BCUT2D eigenvalue weighted by Crippen LogP contribution is 2.24. The van der Waals surface area contributed by atoms with Crippen LogP contribution in [0.25, 0.3) is 6.08 Å². The Morgan fingerprint density at radius 1 is 0.955 bits per heavy atom. The molecule has 1 heteroatoms. The summed E-state index contributed by atoms with van der Waals surface area (Å²) < 4.78 is 0. The lowest BCUT2D eigenvalue weighted by Gasteiger charge is -2.25. The van der Waals surface area contributed by atoms with Gasteiger partial charge in [-0.3, -0.25) is 0 Å². The predicted molar refractivity (Wildman–Crippen MR) is 102 cm³/mol. The van der Waals surface area contributed by atoms with E-state index < -0.39 is 8.07 Å². The van der Waals surface area contributed by atoms with E-state index in [9.17, 15) is 0 Å². The number of allylic oxidation sites excluding steroid dienone is 2. The SMILES string of the molecule is C=C(C)C/C(=C\c1ccccc1)C[Si](C)(C)c1ccccc1. The zero-order valence-corrected chi connectivity index (χ0v) is 15.0. The van der Waals surface area contributed by atoms with Crippen molar-refractivity contribution in [1.29, 1.82) is 0 Å². The molecule has 2 rings (SSSR count). The van der Waals surface area contributed by atoms with Gasteiger partial charge in [0.15, 0.2) is 0 Å². The molecule has 0 atom stereocenters. The molecule has 0 aliphatic carbocycles. The summed E-state index contributed by atoms with van der Waals surface area (Å²) in [6.45, 7) is 11.2. The predicted octanol–water partition coefficient (Wildman–Crippen LogP) is 5.65. The molecule has 0 N–H and O–H groups in total. The van der Waals surface area contributed by atoms with Crippen LogP contribution >= 0.6 is 0 Å². The van der Waals surface area contributed by atoms with Gasteiger partial charge >= 0.3 is 0 Å². The highest BCUT2D eigenvalue weighted by atomic mass is 28.3. The largest absolute Gasteiger partial charge is 0.0998 e. The second-order valence-corrected chi connectivity index (χ2v) is 11.5. The Hall–Kier alpha value is -1.86. The van der Waals surface area contributed by atoms with Crippen LogP contribution in [0.3, 0.4) is 0 Å². The molecule has 0 unspecified atom stereocenters. The van der Waals surface area contributed by atoms with E-state index in [2.05, 4.69) is 93.3 Å². The number of rotatable bonds is 6. The number of benzene rings is 2. The molecule has 2 aromatic rings. The van der Waals surface area contributed by atoms with Gasteiger partial charge in [0.25, 0.3) is 0 Å². The molecule has 0 heterocycles. The van der Waals surface area contributed by atoms with Crippen LogP contribution in [0.2, 0.25) is 19.1 Å². The monoisotopic (exact) mass is 306 g/mol. The molecular weight excluding hydrogens is 280 g/mol. The van der Waals surface area contributed by atoms with Gasteiger partial charge in [-0.25, -0.2) is 0 Å². The summed E-state index contributed by atoms with van der Waals surface area (Å²) in [6.07, 6.45) is 3.35. The lowest BCUT2D eigenvalue weighted by atomic mass is 10.1. The summed E-state index contributed by atoms with van der Waals surface area (Å²) in [6, 6.07) is 22.8. The summed E-state index contributed by atoms with van der Waals surface area (Å²) in [5.74, 6) is 0. The van der Waals surface area contributed by atoms with Gasteiger partial charge in [0.05, 0.1) is 8.07 Å². The smallest absolute Gasteiger partial charge is 0.0846 e. The van der Waals surface area contributed by atoms with Crippen LogP contribution in [-0.2, 0) is 0 Å². The van der Waals surface area contributed by atoms with Crippen LogP contribution < -0.4 is 5.19 Å². The summed E-state index contributed by atoms with van der Waals surface area (Å²) >= 11 is 0. The summed E-state index contributed by atoms with van der Waals surface area (Å²) in [4.78, 5) is 0. The third-order valence-corrected chi connectivity index (χ3v) is 7.16. The zero-order valence-electron chi connectivity index (χ0n) is 14.0. The van der Waals surface area contributed by atoms with E-state index in [-0.39, 0.29) is 0 Å². The Bertz CT molecular complexity index is 636. The average Bonchev–Trinajstić information content (AvgIpc) is 2.48. The Balaban J connectivity index is 2.27. The molecule has 0 aromatic heterocycles. The van der Waals surface area contributed by atoms with Crippen molar-refractivity contribution in [3.8, 4) is 0 Å². The molecule has 0 saturated heterocycles. The van der Waals surface area contributed by atoms with E-state index in [0.29, 0.717) is 0 Å². The molecule has 2 aromatic carbocycles. The third kappa shape index (κ3) is 4.85. The summed E-state index contributed by atoms with van der Waals surface area (Å²) in [5, 5.41) is 1.52. The van der Waals surface area contributed by atoms with Gasteiger partial charge < -0.3 is 0 Å². The van der Waals surface area contributed by atoms with Crippen molar-refractivity contribution in [2.45, 2.75) is 32.5 Å². The highest BCUT2D eigenvalue weighted by molar-refractivity contribution is 6.90. The van der Waals surface area contributed by atoms with Crippen LogP contribution in [0.5, 0.6) is 0 Å². The first-order valence-corrected chi connectivity index (χ1v) is 11.1. The van der Waals surface area contributed by atoms with Crippen molar-refractivity contribution in [3.63, 3.8) is 0 Å². The molecule has 0 saturated carbocycles. The molecule has 114 valence electrons. The maximum atomic E-state index is 4.11. The molecule has 0 aliphatic heterocycles. The lowest BCUT2D eigenvalue weighted by molar-refractivity contribution is 1.11. The van der Waals surface area contributed by atoms with Crippen molar-refractivity contribution in [2.24, 2.45) is 0 Å². The van der Waals surface area contributed by atoms with Crippen molar-refractivity contribution in [1.82, 2.24) is 0 Å². The van der Waals surface area contributed by atoms with Crippen molar-refractivity contribution < 1.29 is 0 Å². The van der Waals surface area contributed by atoms with Crippen molar-refractivity contribution in [3.05, 3.63) is 84.0 Å². The number of hydrogen-bond acceptors (Lipinski definition) is 0. The van der Waals surface area contributed by atoms with E-state index in [1.165, 1.54) is 27.9 Å². The fraction of sp³-hybridized carbons (Fsp3) is 0.238. The van der Waals surface area contributed by atoms with E-state index >= 15 is 0 Å². The minimum Gasteiger partial charge on any atom is -0.0998 e. The molecule has 0 amide bonds. The van der Waals surface area contributed by atoms with E-state index in [4.69, 9.17) is 0 Å². The molecule has 0 radical (unpaired) electrons. The van der Waals surface area contributed by atoms with Gasteiger partial charge in [-0.15, -0.1) is 0 Å². The Morgan fingerprint density at radius 2 is 1.50 bits per heavy atom. The first-order valence-electron chi connectivity index (χ1n) is 7.92. The van der Waals surface area contributed by atoms with Gasteiger partial charge in [0, 0.05) is 0 Å². The lowest BCUT2D eigenvalue weighted by Crippen LogP contribution is -2.41. The van der Waals surface area contributed by atoms with Gasteiger partial charge in [-0.05, 0) is 25.0 Å². The molecule has 0 fully saturated rings. The van der Waals surface area contributed by atoms with Gasteiger partial charge in [0.1, 0.15) is 0 Å². The minimum absolute atomic E-state index is 0.998. The fourth-order valence-corrected chi connectivity index (χ4v) is 5.56. The van der Waals surface area contributed by atoms with E-state index in [1.54, 1.807) is 0 Å². The van der Waals surface area contributed by atoms with Crippen LogP contribution in [0.1, 0.15) is 18.9 Å². The van der Waals surface area contributed by atoms with E-state index in [0.717, 1.165) is 6.42 Å². The van der Waals surface area contributed by atoms with Gasteiger partial charge in [-0.2, -0.15) is 0 Å². The van der Waals surface area contributed by atoms with Gasteiger partial charge in [-0.1, -0.05) is 103 Å². The molecule has 0 aliphatic rings. The minimum atomic E-state index is -1.47. The fourth-order valence-electron chi connectivity index (χ4n) is 2.90. The summed E-state index contributed by atoms with van der Waals surface area (Å²) in [7, 11) is -1.47. The second kappa shape index (κ2) is 7.41. The Morgan fingerprint density at radius 3 is 2.05 bits per heavy atom. The molecular formula is C21H26Si. The van der Waals surface area contributed by atoms with Crippen LogP contribution in [0, 0.1) is 0 Å². The standard InChI is InChI=1S/C21H26Si/c1-18(2)15-20(16-19-11-7-5-8-12-19)17-22(3,4)21-13-9-6-10-14-21/h5-14,16H,1,15,17H2,2-4H3/b20-16+. The van der Waals surface area contributed by atoms with Gasteiger partial charge in [0.2, 0.25) is 0 Å². The van der Waals surface area contributed by atoms with Crippen molar-refractivity contribution >= 4 is 19.3 Å². The second-order valence-electron chi connectivity index (χ2n) is 6.77. The quantitative estimate of drug-likeness (QED) is 0.478. The van der Waals surface area contributed by atoms with Crippen LogP contribution in [-0.4, -0.2) is 8.07 Å². The number of hydrogen-bond donors (Lipinski definition) is 0. The van der Waals surface area contributed by atoms with Crippen LogP contribution in [0.15, 0.2) is 78.4 Å².